The van der Waals surface area contributed by atoms with Crippen molar-refractivity contribution in [2.24, 2.45) is 0 Å². The summed E-state index contributed by atoms with van der Waals surface area (Å²) in [4.78, 5) is 9.84. The van der Waals surface area contributed by atoms with E-state index in [1.807, 2.05) is 12.2 Å². The quantitative estimate of drug-likeness (QED) is 0.313. The maximum atomic E-state index is 9.84. The third-order valence-corrected chi connectivity index (χ3v) is 1.16. The fourth-order valence-electron chi connectivity index (χ4n) is 0.614. The SMILES string of the molecule is C=CCCC=CCCC=O. The monoisotopic (exact) mass is 138 g/mol. The van der Waals surface area contributed by atoms with Crippen LogP contribution in [0.15, 0.2) is 24.8 Å². The van der Waals surface area contributed by atoms with Gasteiger partial charge in [0, 0.05) is 6.42 Å². The number of carbonyl (C=O) groups excluding carboxylic acids is 1. The van der Waals surface area contributed by atoms with Gasteiger partial charge in [-0.15, -0.1) is 6.58 Å². The molecule has 0 aliphatic heterocycles. The molecule has 1 nitrogen and oxygen atoms in total. The van der Waals surface area contributed by atoms with E-state index in [1.165, 1.54) is 0 Å². The maximum absolute atomic E-state index is 9.84. The lowest BCUT2D eigenvalue weighted by molar-refractivity contribution is -0.107. The molecule has 0 heterocycles. The van der Waals surface area contributed by atoms with Crippen LogP contribution in [0.4, 0.5) is 0 Å². The minimum atomic E-state index is 0.643. The average Bonchev–Trinajstić information content (AvgIpc) is 1.97. The van der Waals surface area contributed by atoms with E-state index in [0.717, 1.165) is 25.5 Å². The summed E-state index contributed by atoms with van der Waals surface area (Å²) in [5.74, 6) is 0. The highest BCUT2D eigenvalue weighted by atomic mass is 16.1. The predicted octanol–water partition coefficient (Wildman–Crippen LogP) is 2.49. The molecule has 0 amide bonds. The first kappa shape index (κ1) is 9.15. The molecular weight excluding hydrogens is 124 g/mol. The molecule has 0 aliphatic carbocycles. The molecule has 0 N–H and O–H groups in total. The topological polar surface area (TPSA) is 17.1 Å². The first-order valence-electron chi connectivity index (χ1n) is 3.61. The smallest absolute Gasteiger partial charge is 0.120 e. The lowest BCUT2D eigenvalue weighted by Gasteiger charge is -1.84. The van der Waals surface area contributed by atoms with E-state index < -0.39 is 0 Å². The molecule has 0 aromatic heterocycles. The Balaban J connectivity index is 3.03. The van der Waals surface area contributed by atoms with Gasteiger partial charge in [0.05, 0.1) is 0 Å². The highest BCUT2D eigenvalue weighted by Gasteiger charge is 1.77. The predicted molar refractivity (Wildman–Crippen MR) is 43.9 cm³/mol. The number of unbranched alkanes of at least 4 members (excludes halogenated alkanes) is 2. The molecule has 10 heavy (non-hydrogen) atoms. The number of aldehydes is 1. The summed E-state index contributed by atoms with van der Waals surface area (Å²) >= 11 is 0. The summed E-state index contributed by atoms with van der Waals surface area (Å²) < 4.78 is 0. The number of hydrogen-bond donors (Lipinski definition) is 0. The molecular formula is C9H14O. The first-order chi connectivity index (χ1) is 4.91. The van der Waals surface area contributed by atoms with Gasteiger partial charge < -0.3 is 4.79 Å². The number of rotatable bonds is 6. The molecule has 0 spiro atoms. The van der Waals surface area contributed by atoms with Crippen LogP contribution >= 0.6 is 0 Å². The second kappa shape index (κ2) is 8.15. The van der Waals surface area contributed by atoms with Crippen molar-refractivity contribution in [3.63, 3.8) is 0 Å². The zero-order valence-electron chi connectivity index (χ0n) is 6.25. The van der Waals surface area contributed by atoms with Crippen LogP contribution < -0.4 is 0 Å². The van der Waals surface area contributed by atoms with Crippen LogP contribution in [0.25, 0.3) is 0 Å². The molecule has 0 saturated carbocycles. The summed E-state index contributed by atoms with van der Waals surface area (Å²) in [6.45, 7) is 3.60. The summed E-state index contributed by atoms with van der Waals surface area (Å²) in [7, 11) is 0. The Morgan fingerprint density at radius 2 is 1.60 bits per heavy atom. The van der Waals surface area contributed by atoms with Crippen molar-refractivity contribution in [2.75, 3.05) is 0 Å². The van der Waals surface area contributed by atoms with Crippen LogP contribution in [-0.4, -0.2) is 6.29 Å². The highest BCUT2D eigenvalue weighted by Crippen LogP contribution is 1.93. The van der Waals surface area contributed by atoms with Crippen LogP contribution in [0.1, 0.15) is 25.7 Å². The van der Waals surface area contributed by atoms with E-state index in [9.17, 15) is 4.79 Å². The van der Waals surface area contributed by atoms with E-state index in [1.54, 1.807) is 0 Å². The van der Waals surface area contributed by atoms with Crippen LogP contribution in [0.3, 0.4) is 0 Å². The zero-order valence-corrected chi connectivity index (χ0v) is 6.25. The van der Waals surface area contributed by atoms with Crippen molar-refractivity contribution in [2.45, 2.75) is 25.7 Å². The summed E-state index contributed by atoms with van der Waals surface area (Å²) in [5, 5.41) is 0. The molecule has 1 heteroatoms. The van der Waals surface area contributed by atoms with Crippen molar-refractivity contribution < 1.29 is 4.79 Å². The van der Waals surface area contributed by atoms with Crippen LogP contribution in [-0.2, 0) is 4.79 Å². The molecule has 0 fully saturated rings. The highest BCUT2D eigenvalue weighted by molar-refractivity contribution is 5.49. The Morgan fingerprint density at radius 1 is 1.00 bits per heavy atom. The fraction of sp³-hybridized carbons (Fsp3) is 0.444. The number of allylic oxidation sites excluding steroid dienone is 3. The summed E-state index contributed by atoms with van der Waals surface area (Å²) in [5.41, 5.74) is 0. The lowest BCUT2D eigenvalue weighted by Crippen LogP contribution is -1.70. The largest absolute Gasteiger partial charge is 0.303 e. The van der Waals surface area contributed by atoms with Gasteiger partial charge in [-0.3, -0.25) is 0 Å². The van der Waals surface area contributed by atoms with Crippen molar-refractivity contribution in [1.29, 1.82) is 0 Å². The molecule has 0 saturated heterocycles. The van der Waals surface area contributed by atoms with Gasteiger partial charge in [-0.25, -0.2) is 0 Å². The van der Waals surface area contributed by atoms with Gasteiger partial charge in [0.25, 0.3) is 0 Å². The van der Waals surface area contributed by atoms with E-state index >= 15 is 0 Å². The minimum Gasteiger partial charge on any atom is -0.303 e. The van der Waals surface area contributed by atoms with E-state index in [2.05, 4.69) is 12.7 Å². The molecule has 0 aromatic rings. The Hall–Kier alpha value is -0.850. The van der Waals surface area contributed by atoms with E-state index in [0.29, 0.717) is 6.42 Å². The third kappa shape index (κ3) is 7.15. The molecule has 0 aromatic carbocycles. The second-order valence-corrected chi connectivity index (χ2v) is 2.08. The molecule has 0 atom stereocenters. The fourth-order valence-corrected chi connectivity index (χ4v) is 0.614. The zero-order chi connectivity index (χ0) is 7.66. The standard InChI is InChI=1S/C9H14O/c1-2-3-4-5-6-7-8-9-10/h2,5-6,9H,1,3-4,7-8H2. The van der Waals surface area contributed by atoms with E-state index in [-0.39, 0.29) is 0 Å². The Morgan fingerprint density at radius 3 is 2.10 bits per heavy atom. The molecule has 0 aliphatic rings. The number of hydrogen-bond acceptors (Lipinski definition) is 1. The van der Waals surface area contributed by atoms with Gasteiger partial charge in [-0.05, 0) is 19.3 Å². The van der Waals surface area contributed by atoms with Gasteiger partial charge >= 0.3 is 0 Å². The van der Waals surface area contributed by atoms with Crippen molar-refractivity contribution in [1.82, 2.24) is 0 Å². The van der Waals surface area contributed by atoms with Gasteiger partial charge in [0.15, 0.2) is 0 Å². The van der Waals surface area contributed by atoms with Crippen LogP contribution in [0.5, 0.6) is 0 Å². The normalized spacial score (nSPS) is 10.0. The van der Waals surface area contributed by atoms with Crippen molar-refractivity contribution >= 4 is 6.29 Å². The molecule has 56 valence electrons. The van der Waals surface area contributed by atoms with Gasteiger partial charge in [0.1, 0.15) is 6.29 Å². The second-order valence-electron chi connectivity index (χ2n) is 2.08. The number of carbonyl (C=O) groups is 1. The summed E-state index contributed by atoms with van der Waals surface area (Å²) in [6.07, 6.45) is 10.6. The Labute approximate surface area is 62.4 Å². The summed E-state index contributed by atoms with van der Waals surface area (Å²) in [6, 6.07) is 0. The Kier molecular flexibility index (Phi) is 7.46. The Bertz CT molecular complexity index is 99.9. The lowest BCUT2D eigenvalue weighted by atomic mass is 10.2. The molecule has 0 radical (unpaired) electrons. The van der Waals surface area contributed by atoms with Crippen LogP contribution in [0.2, 0.25) is 0 Å². The average molecular weight is 138 g/mol. The van der Waals surface area contributed by atoms with Gasteiger partial charge in [0.2, 0.25) is 0 Å². The van der Waals surface area contributed by atoms with E-state index in [4.69, 9.17) is 0 Å². The first-order valence-corrected chi connectivity index (χ1v) is 3.61. The maximum Gasteiger partial charge on any atom is 0.120 e. The molecule has 0 bridgehead atoms. The van der Waals surface area contributed by atoms with Crippen molar-refractivity contribution in [3.8, 4) is 0 Å². The van der Waals surface area contributed by atoms with Gasteiger partial charge in [-0.2, -0.15) is 0 Å². The van der Waals surface area contributed by atoms with Gasteiger partial charge in [-0.1, -0.05) is 18.2 Å². The van der Waals surface area contributed by atoms with Crippen molar-refractivity contribution in [3.05, 3.63) is 24.8 Å². The molecule has 0 unspecified atom stereocenters. The van der Waals surface area contributed by atoms with Crippen LogP contribution in [0, 0.1) is 0 Å². The minimum absolute atomic E-state index is 0.643. The molecule has 0 rings (SSSR count). The third-order valence-electron chi connectivity index (χ3n) is 1.16.